The number of nitrogens with one attached hydrogen (secondary N) is 1. The van der Waals surface area contributed by atoms with Crippen LogP contribution in [-0.2, 0) is 32.6 Å². The fourth-order valence-electron chi connectivity index (χ4n) is 5.84. The summed E-state index contributed by atoms with van der Waals surface area (Å²) in [5, 5.41) is 3.64. The highest BCUT2D eigenvalue weighted by Gasteiger charge is 2.23. The molecule has 0 spiro atoms. The zero-order valence-corrected chi connectivity index (χ0v) is 30.7. The zero-order chi connectivity index (χ0) is 37.1. The number of unbranched alkanes of at least 4 members (excludes halogenated alkanes) is 2. The number of hydrogen-bond acceptors (Lipinski definition) is 10. The Morgan fingerprint density at radius 1 is 0.882 bits per heavy atom. The van der Waals surface area contributed by atoms with Crippen LogP contribution in [-0.4, -0.2) is 67.5 Å². The van der Waals surface area contributed by atoms with Crippen molar-refractivity contribution >= 4 is 45.9 Å². The Kier molecular flexibility index (Phi) is 10.7. The van der Waals surface area contributed by atoms with Gasteiger partial charge in [0.15, 0.2) is 5.82 Å². The van der Waals surface area contributed by atoms with Crippen molar-refractivity contribution in [1.29, 1.82) is 0 Å². The van der Waals surface area contributed by atoms with Crippen LogP contribution in [0.15, 0.2) is 48.7 Å². The molecule has 0 radical (unpaired) electrons. The second kappa shape index (κ2) is 14.8. The van der Waals surface area contributed by atoms with Crippen LogP contribution >= 0.6 is 0 Å². The van der Waals surface area contributed by atoms with Crippen molar-refractivity contribution in [3.8, 4) is 28.5 Å². The topological polar surface area (TPSA) is 149 Å². The Hall–Kier alpha value is -5.46. The molecule has 0 aliphatic carbocycles. The number of rotatable bonds is 11. The van der Waals surface area contributed by atoms with Gasteiger partial charge in [0.1, 0.15) is 33.9 Å². The summed E-state index contributed by atoms with van der Waals surface area (Å²) in [7, 11) is 4.78. The number of fused-ring (bicyclic) bond motifs is 2. The van der Waals surface area contributed by atoms with E-state index < -0.39 is 23.3 Å². The van der Waals surface area contributed by atoms with Gasteiger partial charge in [0.25, 0.3) is 0 Å². The largest absolute Gasteiger partial charge is 0.494 e. The lowest BCUT2D eigenvalue weighted by molar-refractivity contribution is -0.154. The van der Waals surface area contributed by atoms with E-state index in [1.165, 1.54) is 7.11 Å². The normalized spacial score (nSPS) is 11.9. The van der Waals surface area contributed by atoms with Gasteiger partial charge in [0.05, 0.1) is 36.7 Å². The van der Waals surface area contributed by atoms with Gasteiger partial charge in [-0.1, -0.05) is 6.42 Å². The number of methoxy groups -OCH3 is 2. The summed E-state index contributed by atoms with van der Waals surface area (Å²) in [6.45, 7) is 11.5. The number of aryl methyl sites for hydroxylation is 2. The SMILES string of the molecule is COC(=O)c1cc(OC)c2c(c1)nc(-c1cc3ccc(-c4cccnc4NC(=O)OC(C)(C)C)nc3n1CCCCCC(=O)OC(C)(C)C)n2C. The van der Waals surface area contributed by atoms with E-state index in [0.717, 1.165) is 29.4 Å². The number of hydrogen-bond donors (Lipinski definition) is 1. The fourth-order valence-corrected chi connectivity index (χ4v) is 5.84. The molecule has 5 aromatic rings. The predicted molar refractivity (Wildman–Crippen MR) is 195 cm³/mol. The molecular formula is C38H46N6O7. The quantitative estimate of drug-likeness (QED) is 0.0826. The molecule has 5 rings (SSSR count). The Balaban J connectivity index is 1.56. The summed E-state index contributed by atoms with van der Waals surface area (Å²) in [4.78, 5) is 51.9. The molecule has 1 amide bonds. The second-order valence-corrected chi connectivity index (χ2v) is 14.2. The average molecular weight is 699 g/mol. The summed E-state index contributed by atoms with van der Waals surface area (Å²) >= 11 is 0. The molecule has 1 N–H and O–H groups in total. The van der Waals surface area contributed by atoms with E-state index in [1.807, 2.05) is 56.7 Å². The van der Waals surface area contributed by atoms with Crippen LogP contribution in [0.2, 0.25) is 0 Å². The smallest absolute Gasteiger partial charge is 0.413 e. The fraction of sp³-hybridized carbons (Fsp3) is 0.421. The van der Waals surface area contributed by atoms with Crippen LogP contribution in [0.4, 0.5) is 10.6 Å². The van der Waals surface area contributed by atoms with Crippen molar-refractivity contribution in [2.45, 2.75) is 85.0 Å². The van der Waals surface area contributed by atoms with E-state index in [9.17, 15) is 14.4 Å². The van der Waals surface area contributed by atoms with Crippen molar-refractivity contribution < 1.29 is 33.3 Å². The number of ether oxygens (including phenoxy) is 4. The first-order chi connectivity index (χ1) is 24.1. The minimum atomic E-state index is -0.680. The van der Waals surface area contributed by atoms with Crippen LogP contribution in [0.1, 0.15) is 77.6 Å². The molecule has 0 fully saturated rings. The van der Waals surface area contributed by atoms with Crippen LogP contribution < -0.4 is 10.1 Å². The van der Waals surface area contributed by atoms with Crippen molar-refractivity contribution in [3.05, 3.63) is 54.2 Å². The van der Waals surface area contributed by atoms with E-state index in [2.05, 4.69) is 14.9 Å². The summed E-state index contributed by atoms with van der Waals surface area (Å²) in [5.41, 5.74) is 3.15. The number of imidazole rings is 1. The Labute approximate surface area is 297 Å². The number of aromatic nitrogens is 5. The Bertz CT molecular complexity index is 2080. The van der Waals surface area contributed by atoms with E-state index in [1.54, 1.807) is 52.3 Å². The lowest BCUT2D eigenvalue weighted by Gasteiger charge is -2.20. The van der Waals surface area contributed by atoms with E-state index in [0.29, 0.717) is 64.8 Å². The van der Waals surface area contributed by atoms with Gasteiger partial charge in [-0.25, -0.2) is 24.5 Å². The maximum absolute atomic E-state index is 12.7. The molecule has 51 heavy (non-hydrogen) atoms. The number of esters is 2. The van der Waals surface area contributed by atoms with Crippen LogP contribution in [0.25, 0.3) is 44.8 Å². The molecular weight excluding hydrogens is 652 g/mol. The third-order valence-electron chi connectivity index (χ3n) is 7.93. The number of benzene rings is 1. The van der Waals surface area contributed by atoms with Crippen LogP contribution in [0, 0.1) is 0 Å². The van der Waals surface area contributed by atoms with E-state index in [4.69, 9.17) is 28.9 Å². The Morgan fingerprint density at radius 3 is 2.31 bits per heavy atom. The van der Waals surface area contributed by atoms with Gasteiger partial charge in [-0.05, 0) is 96.8 Å². The third-order valence-corrected chi connectivity index (χ3v) is 7.93. The molecule has 0 unspecified atom stereocenters. The summed E-state index contributed by atoms with van der Waals surface area (Å²) in [6.07, 6.45) is 3.52. The minimum Gasteiger partial charge on any atom is -0.494 e. The lowest BCUT2D eigenvalue weighted by Crippen LogP contribution is -2.27. The molecule has 0 aliphatic heterocycles. The van der Waals surface area contributed by atoms with Gasteiger partial charge in [0.2, 0.25) is 0 Å². The molecule has 4 heterocycles. The maximum Gasteiger partial charge on any atom is 0.413 e. The van der Waals surface area contributed by atoms with Crippen LogP contribution in [0.3, 0.4) is 0 Å². The van der Waals surface area contributed by atoms with Crippen LogP contribution in [0.5, 0.6) is 5.75 Å². The number of carbonyl (C=O) groups excluding carboxylic acids is 3. The molecule has 4 aromatic heterocycles. The number of nitrogens with zero attached hydrogens (tertiary/aromatic N) is 5. The first-order valence-corrected chi connectivity index (χ1v) is 16.9. The maximum atomic E-state index is 12.7. The van der Waals surface area contributed by atoms with Gasteiger partial charge in [-0.15, -0.1) is 0 Å². The molecule has 0 aliphatic rings. The third kappa shape index (κ3) is 8.65. The number of anilines is 1. The second-order valence-electron chi connectivity index (χ2n) is 14.2. The van der Waals surface area contributed by atoms with Crippen molar-refractivity contribution in [1.82, 2.24) is 24.1 Å². The molecule has 0 bridgehead atoms. The van der Waals surface area contributed by atoms with Crippen molar-refractivity contribution in [2.24, 2.45) is 7.05 Å². The first-order valence-electron chi connectivity index (χ1n) is 16.9. The van der Waals surface area contributed by atoms with Gasteiger partial charge in [-0.3, -0.25) is 10.1 Å². The lowest BCUT2D eigenvalue weighted by atomic mass is 10.1. The molecule has 0 atom stereocenters. The van der Waals surface area contributed by atoms with Gasteiger partial charge in [-0.2, -0.15) is 0 Å². The minimum absolute atomic E-state index is 0.215. The predicted octanol–water partition coefficient (Wildman–Crippen LogP) is 7.70. The number of carbonyl (C=O) groups is 3. The molecule has 0 saturated carbocycles. The molecule has 13 nitrogen and oxygen atoms in total. The standard InChI is InChI=1S/C38H46N6O7/c1-37(2,3)50-30(45)15-11-10-12-19-44-28(34-41-27-20-24(35(46)49-9)22-29(48-8)31(27)43(34)7)21-23-16-17-26(40-33(23)44)25-14-13-18-39-32(25)42-36(47)51-38(4,5)6/h13-14,16-18,20-22H,10-12,15,19H2,1-9H3,(H,39,42,47). The summed E-state index contributed by atoms with van der Waals surface area (Å²) < 4.78 is 25.6. The Morgan fingerprint density at radius 2 is 1.63 bits per heavy atom. The summed E-state index contributed by atoms with van der Waals surface area (Å²) in [6, 6.07) is 12.9. The van der Waals surface area contributed by atoms with Gasteiger partial charge < -0.3 is 28.1 Å². The van der Waals surface area contributed by atoms with Gasteiger partial charge in [0, 0.05) is 37.2 Å². The average Bonchev–Trinajstić information content (AvgIpc) is 3.58. The molecule has 13 heteroatoms. The van der Waals surface area contributed by atoms with Crippen molar-refractivity contribution in [3.63, 3.8) is 0 Å². The van der Waals surface area contributed by atoms with E-state index >= 15 is 0 Å². The molecule has 270 valence electrons. The molecule has 1 aromatic carbocycles. The van der Waals surface area contributed by atoms with Crippen molar-refractivity contribution in [2.75, 3.05) is 19.5 Å². The monoisotopic (exact) mass is 698 g/mol. The first kappa shape index (κ1) is 36.8. The number of amides is 1. The van der Waals surface area contributed by atoms with Gasteiger partial charge >= 0.3 is 18.0 Å². The highest BCUT2D eigenvalue weighted by molar-refractivity contribution is 5.97. The van der Waals surface area contributed by atoms with E-state index in [-0.39, 0.29) is 5.97 Å². The zero-order valence-electron chi connectivity index (χ0n) is 30.7. The highest BCUT2D eigenvalue weighted by atomic mass is 16.6. The highest BCUT2D eigenvalue weighted by Crippen LogP contribution is 2.35. The molecule has 0 saturated heterocycles. The summed E-state index contributed by atoms with van der Waals surface area (Å²) in [5.74, 6) is 0.750. The number of pyridine rings is 2.